The maximum atomic E-state index is 11.6. The Morgan fingerprint density at radius 2 is 2.09 bits per heavy atom. The second-order valence-corrected chi connectivity index (χ2v) is 5.73. The Bertz CT molecular complexity index is 610. The predicted molar refractivity (Wildman–Crippen MR) is 86.2 cm³/mol. The highest BCUT2D eigenvalue weighted by Gasteiger charge is 2.29. The number of aliphatic imine (C=N–C) groups is 1. The highest BCUT2D eigenvalue weighted by atomic mass is 32.2. The van der Waals surface area contributed by atoms with Crippen molar-refractivity contribution in [2.45, 2.75) is 13.0 Å². The molecular weight excluding hydrogens is 304 g/mol. The number of carboxylic acids is 1. The largest absolute Gasteiger partial charge is 0.497 e. The van der Waals surface area contributed by atoms with E-state index in [1.807, 2.05) is 12.1 Å². The first kappa shape index (κ1) is 16.4. The van der Waals surface area contributed by atoms with Crippen molar-refractivity contribution in [1.29, 1.82) is 0 Å². The highest BCUT2D eigenvalue weighted by molar-refractivity contribution is 8.13. The number of aliphatic carboxylic acids is 1. The van der Waals surface area contributed by atoms with Gasteiger partial charge in [0, 0.05) is 11.4 Å². The standard InChI is InChI=1S/C15H18N2O4S/c1-9-12(14(19)20)13(17-15(16-9)22-8-7-18)10-3-5-11(21-2)6-4-10/h3-6,13,18H,7-8H2,1-2H3,(H,16,17)(H,19,20). The Hall–Kier alpha value is -1.99. The summed E-state index contributed by atoms with van der Waals surface area (Å²) in [6.07, 6.45) is 0. The summed E-state index contributed by atoms with van der Waals surface area (Å²) in [6, 6.07) is 6.60. The van der Waals surface area contributed by atoms with Crippen LogP contribution in [0.4, 0.5) is 0 Å². The third kappa shape index (κ3) is 3.61. The minimum Gasteiger partial charge on any atom is -0.497 e. The number of hydrogen-bond acceptors (Lipinski definition) is 6. The molecule has 1 atom stereocenters. The van der Waals surface area contributed by atoms with Gasteiger partial charge in [0.05, 0.1) is 19.3 Å². The SMILES string of the molecule is COc1ccc(C2N=C(SCCO)NC(C)=C2C(=O)O)cc1. The lowest BCUT2D eigenvalue weighted by Gasteiger charge is -2.24. The minimum atomic E-state index is -0.999. The fourth-order valence-electron chi connectivity index (χ4n) is 2.17. The van der Waals surface area contributed by atoms with Crippen LogP contribution in [0, 0.1) is 0 Å². The summed E-state index contributed by atoms with van der Waals surface area (Å²) in [7, 11) is 1.58. The van der Waals surface area contributed by atoms with Gasteiger partial charge in [0.25, 0.3) is 0 Å². The van der Waals surface area contributed by atoms with Crippen LogP contribution in [-0.4, -0.2) is 40.8 Å². The molecule has 7 heteroatoms. The van der Waals surface area contributed by atoms with Gasteiger partial charge in [-0.15, -0.1) is 0 Å². The molecule has 0 radical (unpaired) electrons. The van der Waals surface area contributed by atoms with Crippen molar-refractivity contribution in [1.82, 2.24) is 5.32 Å². The molecule has 0 saturated carbocycles. The van der Waals surface area contributed by atoms with Crippen molar-refractivity contribution in [3.8, 4) is 5.75 Å². The number of aliphatic hydroxyl groups is 1. The summed E-state index contributed by atoms with van der Waals surface area (Å²) in [5.74, 6) is 0.200. The Morgan fingerprint density at radius 3 is 2.64 bits per heavy atom. The van der Waals surface area contributed by atoms with E-state index in [-0.39, 0.29) is 12.2 Å². The number of amidine groups is 1. The fraction of sp³-hybridized carbons (Fsp3) is 0.333. The molecule has 1 aliphatic heterocycles. The van der Waals surface area contributed by atoms with Crippen LogP contribution in [0.5, 0.6) is 5.75 Å². The quantitative estimate of drug-likeness (QED) is 0.765. The Balaban J connectivity index is 2.37. The van der Waals surface area contributed by atoms with Gasteiger partial charge < -0.3 is 20.3 Å². The molecule has 1 aliphatic rings. The van der Waals surface area contributed by atoms with E-state index in [0.29, 0.717) is 22.4 Å². The molecule has 0 amide bonds. The van der Waals surface area contributed by atoms with Gasteiger partial charge in [0.15, 0.2) is 5.17 Å². The zero-order chi connectivity index (χ0) is 16.1. The Labute approximate surface area is 132 Å². The summed E-state index contributed by atoms with van der Waals surface area (Å²) in [6.45, 7) is 1.75. The lowest BCUT2D eigenvalue weighted by Crippen LogP contribution is -2.30. The third-order valence-electron chi connectivity index (χ3n) is 3.21. The molecule has 0 aliphatic carbocycles. The molecule has 118 valence electrons. The van der Waals surface area contributed by atoms with E-state index >= 15 is 0 Å². The van der Waals surface area contributed by atoms with E-state index in [1.165, 1.54) is 11.8 Å². The molecule has 6 nitrogen and oxygen atoms in total. The van der Waals surface area contributed by atoms with Gasteiger partial charge in [-0.1, -0.05) is 23.9 Å². The maximum absolute atomic E-state index is 11.6. The van der Waals surface area contributed by atoms with E-state index in [9.17, 15) is 9.90 Å². The molecule has 1 unspecified atom stereocenters. The summed E-state index contributed by atoms with van der Waals surface area (Å²) in [5.41, 5.74) is 1.56. The van der Waals surface area contributed by atoms with Crippen LogP contribution in [0.25, 0.3) is 0 Å². The summed E-state index contributed by atoms with van der Waals surface area (Å²) < 4.78 is 5.12. The number of carbonyl (C=O) groups is 1. The molecule has 1 aromatic rings. The lowest BCUT2D eigenvalue weighted by molar-refractivity contribution is -0.133. The van der Waals surface area contributed by atoms with Crippen molar-refractivity contribution in [2.75, 3.05) is 19.5 Å². The van der Waals surface area contributed by atoms with Crippen LogP contribution < -0.4 is 10.1 Å². The number of aliphatic hydroxyl groups excluding tert-OH is 1. The molecule has 1 aromatic carbocycles. The Morgan fingerprint density at radius 1 is 1.41 bits per heavy atom. The van der Waals surface area contributed by atoms with Crippen LogP contribution in [0.1, 0.15) is 18.5 Å². The normalized spacial score (nSPS) is 17.8. The maximum Gasteiger partial charge on any atom is 0.335 e. The van der Waals surface area contributed by atoms with Crippen molar-refractivity contribution < 1.29 is 19.7 Å². The number of thioether (sulfide) groups is 1. The zero-order valence-corrected chi connectivity index (χ0v) is 13.2. The number of hydrogen-bond donors (Lipinski definition) is 3. The topological polar surface area (TPSA) is 91.2 Å². The number of rotatable bonds is 5. The molecule has 1 heterocycles. The van der Waals surface area contributed by atoms with E-state index in [0.717, 1.165) is 5.56 Å². The van der Waals surface area contributed by atoms with E-state index in [2.05, 4.69) is 10.3 Å². The van der Waals surface area contributed by atoms with Crippen molar-refractivity contribution in [3.63, 3.8) is 0 Å². The van der Waals surface area contributed by atoms with Crippen LogP contribution in [0.3, 0.4) is 0 Å². The first-order chi connectivity index (χ1) is 10.6. The van der Waals surface area contributed by atoms with Gasteiger partial charge in [-0.2, -0.15) is 0 Å². The zero-order valence-electron chi connectivity index (χ0n) is 12.4. The first-order valence-electron chi connectivity index (χ1n) is 6.73. The average Bonchev–Trinajstić information content (AvgIpc) is 2.52. The second kappa shape index (κ2) is 7.33. The van der Waals surface area contributed by atoms with E-state index in [4.69, 9.17) is 9.84 Å². The van der Waals surface area contributed by atoms with Crippen molar-refractivity contribution >= 4 is 22.9 Å². The molecule has 3 N–H and O–H groups in total. The number of carboxylic acid groups (broad SMARTS) is 1. The van der Waals surface area contributed by atoms with Gasteiger partial charge in [0.1, 0.15) is 11.8 Å². The minimum absolute atomic E-state index is 0.0348. The number of ether oxygens (including phenoxy) is 1. The monoisotopic (exact) mass is 322 g/mol. The summed E-state index contributed by atoms with van der Waals surface area (Å²) in [5, 5.41) is 22.0. The fourth-order valence-corrected chi connectivity index (χ4v) is 2.86. The number of allylic oxidation sites excluding steroid dienone is 1. The third-order valence-corrected chi connectivity index (χ3v) is 4.08. The summed E-state index contributed by atoms with van der Waals surface area (Å²) >= 11 is 1.36. The van der Waals surface area contributed by atoms with Crippen LogP contribution in [0.15, 0.2) is 40.5 Å². The van der Waals surface area contributed by atoms with Crippen molar-refractivity contribution in [3.05, 3.63) is 41.1 Å². The van der Waals surface area contributed by atoms with E-state index < -0.39 is 12.0 Å². The molecule has 0 bridgehead atoms. The Kier molecular flexibility index (Phi) is 5.46. The van der Waals surface area contributed by atoms with Crippen LogP contribution in [-0.2, 0) is 4.79 Å². The molecule has 0 fully saturated rings. The number of benzene rings is 1. The van der Waals surface area contributed by atoms with Crippen molar-refractivity contribution in [2.24, 2.45) is 4.99 Å². The summed E-state index contributed by atoms with van der Waals surface area (Å²) in [4.78, 5) is 16.0. The first-order valence-corrected chi connectivity index (χ1v) is 7.72. The van der Waals surface area contributed by atoms with Gasteiger partial charge in [-0.05, 0) is 24.6 Å². The average molecular weight is 322 g/mol. The second-order valence-electron chi connectivity index (χ2n) is 4.65. The number of nitrogens with one attached hydrogen (secondary N) is 1. The van der Waals surface area contributed by atoms with Gasteiger partial charge in [0.2, 0.25) is 0 Å². The van der Waals surface area contributed by atoms with Crippen LogP contribution >= 0.6 is 11.8 Å². The lowest BCUT2D eigenvalue weighted by atomic mass is 9.97. The number of methoxy groups -OCH3 is 1. The molecule has 22 heavy (non-hydrogen) atoms. The molecular formula is C15H18N2O4S. The van der Waals surface area contributed by atoms with E-state index in [1.54, 1.807) is 26.2 Å². The smallest absolute Gasteiger partial charge is 0.335 e. The van der Waals surface area contributed by atoms with Gasteiger partial charge in [-0.25, -0.2) is 9.79 Å². The molecule has 0 spiro atoms. The van der Waals surface area contributed by atoms with Gasteiger partial charge >= 0.3 is 5.97 Å². The molecule has 0 aromatic heterocycles. The molecule has 2 rings (SSSR count). The number of nitrogens with zero attached hydrogens (tertiary/aromatic N) is 1. The van der Waals surface area contributed by atoms with Gasteiger partial charge in [-0.3, -0.25) is 0 Å². The molecule has 0 saturated heterocycles. The van der Waals surface area contributed by atoms with Crippen LogP contribution in [0.2, 0.25) is 0 Å². The predicted octanol–water partition coefficient (Wildman–Crippen LogP) is 1.78. The highest BCUT2D eigenvalue weighted by Crippen LogP contribution is 2.32.